The fraction of sp³-hybridized carbons (Fsp3) is 0.458. The first-order chi connectivity index (χ1) is 14.5. The van der Waals surface area contributed by atoms with Crippen molar-refractivity contribution in [2.45, 2.75) is 38.0 Å². The van der Waals surface area contributed by atoms with Crippen molar-refractivity contribution in [1.29, 1.82) is 0 Å². The second-order valence-electron chi connectivity index (χ2n) is 8.28. The summed E-state index contributed by atoms with van der Waals surface area (Å²) < 4.78 is 20.7. The molecule has 2 saturated heterocycles. The van der Waals surface area contributed by atoms with Crippen LogP contribution in [-0.2, 0) is 4.74 Å². The number of nitrogens with zero attached hydrogens (tertiary/aromatic N) is 2. The molecular formula is C24H29FN2O3. The van der Waals surface area contributed by atoms with Crippen molar-refractivity contribution in [1.82, 2.24) is 9.80 Å². The Morgan fingerprint density at radius 3 is 2.60 bits per heavy atom. The number of morpholine rings is 1. The largest absolute Gasteiger partial charge is 0.393 e. The molecule has 0 saturated carbocycles. The average Bonchev–Trinajstić information content (AvgIpc) is 2.77. The highest BCUT2D eigenvalue weighted by Gasteiger charge is 2.38. The molecule has 0 spiro atoms. The van der Waals surface area contributed by atoms with E-state index >= 15 is 0 Å². The standard InChI is InChI=1S/C24H29FN2O3/c1-17-7-8-21(25)20(15-17)24(29)27-13-14-30-22(16-26-11-9-19(28)10-12-26)23(27)18-5-3-2-4-6-18/h2-8,15,19,22-23,28H,9-14,16H2,1H3/t22-,23-/m0/s1. The maximum absolute atomic E-state index is 14.5. The molecule has 2 aromatic rings. The summed E-state index contributed by atoms with van der Waals surface area (Å²) in [5, 5.41) is 9.81. The number of ether oxygens (including phenoxy) is 1. The maximum Gasteiger partial charge on any atom is 0.257 e. The second kappa shape index (κ2) is 9.25. The molecule has 0 bridgehead atoms. The molecule has 2 heterocycles. The van der Waals surface area contributed by atoms with E-state index in [9.17, 15) is 14.3 Å². The quantitative estimate of drug-likeness (QED) is 0.838. The van der Waals surface area contributed by atoms with E-state index in [4.69, 9.17) is 4.74 Å². The highest BCUT2D eigenvalue weighted by molar-refractivity contribution is 5.95. The number of piperidine rings is 1. The third-order valence-corrected chi connectivity index (χ3v) is 6.10. The highest BCUT2D eigenvalue weighted by Crippen LogP contribution is 2.32. The van der Waals surface area contributed by atoms with E-state index in [0.29, 0.717) is 19.7 Å². The zero-order valence-corrected chi connectivity index (χ0v) is 17.3. The molecule has 2 fully saturated rings. The van der Waals surface area contributed by atoms with Crippen LogP contribution in [0.2, 0.25) is 0 Å². The predicted octanol–water partition coefficient (Wildman–Crippen LogP) is 3.17. The maximum atomic E-state index is 14.5. The molecule has 2 aromatic carbocycles. The molecule has 4 rings (SSSR count). The Morgan fingerprint density at radius 1 is 1.13 bits per heavy atom. The molecule has 6 heteroatoms. The summed E-state index contributed by atoms with van der Waals surface area (Å²) in [6.45, 7) is 4.99. The van der Waals surface area contributed by atoms with Crippen LogP contribution in [-0.4, -0.2) is 65.8 Å². The fourth-order valence-electron chi connectivity index (χ4n) is 4.47. The van der Waals surface area contributed by atoms with Crippen molar-refractivity contribution in [3.8, 4) is 0 Å². The van der Waals surface area contributed by atoms with E-state index in [-0.39, 0.29) is 29.7 Å². The number of carbonyl (C=O) groups is 1. The van der Waals surface area contributed by atoms with E-state index in [1.807, 2.05) is 37.3 Å². The molecule has 0 unspecified atom stereocenters. The number of hydrogen-bond donors (Lipinski definition) is 1. The lowest BCUT2D eigenvalue weighted by Crippen LogP contribution is -2.53. The number of aryl methyl sites for hydroxylation is 1. The number of likely N-dealkylation sites (tertiary alicyclic amines) is 1. The Morgan fingerprint density at radius 2 is 1.87 bits per heavy atom. The van der Waals surface area contributed by atoms with Crippen molar-refractivity contribution in [2.75, 3.05) is 32.8 Å². The van der Waals surface area contributed by atoms with Crippen LogP contribution in [0.5, 0.6) is 0 Å². The van der Waals surface area contributed by atoms with Gasteiger partial charge in [0.15, 0.2) is 0 Å². The molecule has 0 aromatic heterocycles. The molecule has 1 amide bonds. The molecule has 160 valence electrons. The Hall–Kier alpha value is -2.28. The monoisotopic (exact) mass is 412 g/mol. The van der Waals surface area contributed by atoms with Gasteiger partial charge in [0.05, 0.1) is 30.4 Å². The number of carbonyl (C=O) groups excluding carboxylic acids is 1. The average molecular weight is 413 g/mol. The third-order valence-electron chi connectivity index (χ3n) is 6.10. The molecular weight excluding hydrogens is 383 g/mol. The first-order valence-corrected chi connectivity index (χ1v) is 10.7. The van der Waals surface area contributed by atoms with Crippen molar-refractivity contribution in [2.24, 2.45) is 0 Å². The number of aliphatic hydroxyl groups is 1. The van der Waals surface area contributed by atoms with E-state index in [1.54, 1.807) is 17.0 Å². The Balaban J connectivity index is 1.63. The molecule has 0 radical (unpaired) electrons. The molecule has 2 aliphatic heterocycles. The summed E-state index contributed by atoms with van der Waals surface area (Å²) >= 11 is 0. The Bertz CT molecular complexity index is 868. The van der Waals surface area contributed by atoms with Crippen molar-refractivity contribution in [3.05, 3.63) is 71.0 Å². The van der Waals surface area contributed by atoms with Crippen molar-refractivity contribution < 1.29 is 19.0 Å². The summed E-state index contributed by atoms with van der Waals surface area (Å²) in [6, 6.07) is 14.2. The van der Waals surface area contributed by atoms with Crippen LogP contribution < -0.4 is 0 Å². The van der Waals surface area contributed by atoms with Gasteiger partial charge in [-0.2, -0.15) is 0 Å². The summed E-state index contributed by atoms with van der Waals surface area (Å²) in [5.41, 5.74) is 1.95. The summed E-state index contributed by atoms with van der Waals surface area (Å²) in [6.07, 6.45) is 1.05. The van der Waals surface area contributed by atoms with Crippen molar-refractivity contribution >= 4 is 5.91 Å². The van der Waals surface area contributed by atoms with Gasteiger partial charge in [0.1, 0.15) is 5.82 Å². The van der Waals surface area contributed by atoms with Crippen LogP contribution in [0.3, 0.4) is 0 Å². The van der Waals surface area contributed by atoms with Crippen LogP contribution in [0.4, 0.5) is 4.39 Å². The van der Waals surface area contributed by atoms with Crippen LogP contribution >= 0.6 is 0 Å². The summed E-state index contributed by atoms with van der Waals surface area (Å²) in [4.78, 5) is 17.5. The highest BCUT2D eigenvalue weighted by atomic mass is 19.1. The van der Waals surface area contributed by atoms with Crippen molar-refractivity contribution in [3.63, 3.8) is 0 Å². The fourth-order valence-corrected chi connectivity index (χ4v) is 4.47. The van der Waals surface area contributed by atoms with Gasteiger partial charge in [0, 0.05) is 26.2 Å². The predicted molar refractivity (Wildman–Crippen MR) is 113 cm³/mol. The lowest BCUT2D eigenvalue weighted by atomic mass is 9.95. The lowest BCUT2D eigenvalue weighted by molar-refractivity contribution is -0.0771. The number of rotatable bonds is 4. The topological polar surface area (TPSA) is 53.0 Å². The second-order valence-corrected chi connectivity index (χ2v) is 8.28. The molecule has 0 aliphatic carbocycles. The SMILES string of the molecule is Cc1ccc(F)c(C(=O)N2CCO[C@@H](CN3CCC(O)CC3)[C@@H]2c2ccccc2)c1. The van der Waals surface area contributed by atoms with Gasteiger partial charge >= 0.3 is 0 Å². The molecule has 2 atom stereocenters. The Kier molecular flexibility index (Phi) is 6.46. The van der Waals surface area contributed by atoms with E-state index in [2.05, 4.69) is 4.90 Å². The minimum atomic E-state index is -0.495. The molecule has 30 heavy (non-hydrogen) atoms. The molecule has 1 N–H and O–H groups in total. The van der Waals surface area contributed by atoms with Gasteiger partial charge in [-0.1, -0.05) is 42.0 Å². The summed E-state index contributed by atoms with van der Waals surface area (Å²) in [5.74, 6) is -0.794. The van der Waals surface area contributed by atoms with Gasteiger partial charge in [-0.15, -0.1) is 0 Å². The number of halogens is 1. The van der Waals surface area contributed by atoms with Gasteiger partial charge in [-0.25, -0.2) is 4.39 Å². The summed E-state index contributed by atoms with van der Waals surface area (Å²) in [7, 11) is 0. The van der Waals surface area contributed by atoms with E-state index in [0.717, 1.165) is 37.1 Å². The molecule has 5 nitrogen and oxygen atoms in total. The third kappa shape index (κ3) is 4.56. The van der Waals surface area contributed by atoms with Crippen LogP contribution in [0.25, 0.3) is 0 Å². The zero-order valence-electron chi connectivity index (χ0n) is 17.3. The van der Waals surface area contributed by atoms with Gasteiger partial charge in [0.2, 0.25) is 0 Å². The van der Waals surface area contributed by atoms with E-state index in [1.165, 1.54) is 6.07 Å². The van der Waals surface area contributed by atoms with Gasteiger partial charge in [-0.3, -0.25) is 4.79 Å². The van der Waals surface area contributed by atoms with Gasteiger partial charge in [-0.05, 0) is 37.5 Å². The molecule has 2 aliphatic rings. The van der Waals surface area contributed by atoms with Gasteiger partial charge in [0.25, 0.3) is 5.91 Å². The number of amides is 1. The zero-order chi connectivity index (χ0) is 21.1. The minimum Gasteiger partial charge on any atom is -0.393 e. The van der Waals surface area contributed by atoms with Crippen LogP contribution in [0.1, 0.15) is 40.4 Å². The number of hydrogen-bond acceptors (Lipinski definition) is 4. The Labute approximate surface area is 177 Å². The van der Waals surface area contributed by atoms with Crippen LogP contribution in [0, 0.1) is 12.7 Å². The normalized spacial score (nSPS) is 23.5. The van der Waals surface area contributed by atoms with Crippen LogP contribution in [0.15, 0.2) is 48.5 Å². The van der Waals surface area contributed by atoms with Gasteiger partial charge < -0.3 is 19.6 Å². The smallest absolute Gasteiger partial charge is 0.257 e. The first kappa shape index (κ1) is 21.0. The minimum absolute atomic E-state index is 0.109. The number of aliphatic hydroxyl groups excluding tert-OH is 1. The first-order valence-electron chi connectivity index (χ1n) is 10.7. The lowest BCUT2D eigenvalue weighted by Gasteiger charge is -2.44. The number of benzene rings is 2. The van der Waals surface area contributed by atoms with E-state index < -0.39 is 5.82 Å².